The number of anilines is 3. The number of ether oxygens (including phenoxy) is 1. The van der Waals surface area contributed by atoms with E-state index in [0.717, 1.165) is 22.0 Å². The second kappa shape index (κ2) is 9.53. The van der Waals surface area contributed by atoms with Crippen molar-refractivity contribution in [2.45, 2.75) is 11.4 Å². The Morgan fingerprint density at radius 1 is 1.06 bits per heavy atom. The number of amides is 3. The van der Waals surface area contributed by atoms with Crippen molar-refractivity contribution < 1.29 is 14.3 Å². The lowest BCUT2D eigenvalue weighted by Gasteiger charge is -2.28. The highest BCUT2D eigenvalue weighted by molar-refractivity contribution is 7.99. The number of methoxy groups -OCH3 is 1. The Balaban J connectivity index is 1.36. The van der Waals surface area contributed by atoms with Crippen molar-refractivity contribution in [1.29, 1.82) is 0 Å². The summed E-state index contributed by atoms with van der Waals surface area (Å²) in [4.78, 5) is 31.2. The summed E-state index contributed by atoms with van der Waals surface area (Å²) in [7, 11) is 1.57. The maximum Gasteiger partial charge on any atom is 0.326 e. The highest BCUT2D eigenvalue weighted by atomic mass is 32.2. The topological polar surface area (TPSA) is 83.6 Å². The van der Waals surface area contributed by atoms with Crippen LogP contribution >= 0.6 is 11.8 Å². The fraction of sp³-hybridized carbons (Fsp3) is 0.174. The van der Waals surface area contributed by atoms with E-state index in [4.69, 9.17) is 4.74 Å². The molecule has 3 aromatic rings. The maximum atomic E-state index is 12.8. The van der Waals surface area contributed by atoms with Gasteiger partial charge in [-0.3, -0.25) is 9.69 Å². The van der Waals surface area contributed by atoms with Crippen molar-refractivity contribution in [2.24, 2.45) is 0 Å². The van der Waals surface area contributed by atoms with Crippen LogP contribution in [-0.4, -0.2) is 36.3 Å². The van der Waals surface area contributed by atoms with Crippen LogP contribution in [0.3, 0.4) is 0 Å². The number of carbonyl (C=O) groups excluding carboxylic acids is 2. The number of pyridine rings is 1. The van der Waals surface area contributed by atoms with Gasteiger partial charge in [-0.15, -0.1) is 11.8 Å². The minimum Gasteiger partial charge on any atom is -0.495 e. The molecule has 7 nitrogen and oxygen atoms in total. The van der Waals surface area contributed by atoms with Gasteiger partial charge in [0, 0.05) is 24.2 Å². The zero-order chi connectivity index (χ0) is 21.6. The summed E-state index contributed by atoms with van der Waals surface area (Å²) in [6.45, 7) is 0.621. The predicted molar refractivity (Wildman–Crippen MR) is 123 cm³/mol. The number of urea groups is 1. The van der Waals surface area contributed by atoms with E-state index in [-0.39, 0.29) is 18.4 Å². The highest BCUT2D eigenvalue weighted by Crippen LogP contribution is 2.32. The second-order valence-corrected chi connectivity index (χ2v) is 7.96. The summed E-state index contributed by atoms with van der Waals surface area (Å²) in [5.41, 5.74) is 2.96. The van der Waals surface area contributed by atoms with Gasteiger partial charge in [0.1, 0.15) is 10.8 Å². The lowest BCUT2D eigenvalue weighted by Crippen LogP contribution is -2.38. The molecule has 8 heteroatoms. The van der Waals surface area contributed by atoms with Gasteiger partial charge in [0.05, 0.1) is 24.9 Å². The smallest absolute Gasteiger partial charge is 0.326 e. The molecule has 2 N–H and O–H groups in total. The van der Waals surface area contributed by atoms with Gasteiger partial charge in [0.15, 0.2) is 0 Å². The van der Waals surface area contributed by atoms with Gasteiger partial charge in [0.2, 0.25) is 5.91 Å². The zero-order valence-electron chi connectivity index (χ0n) is 17.0. The Morgan fingerprint density at radius 3 is 2.68 bits per heavy atom. The first-order valence-corrected chi connectivity index (χ1v) is 10.8. The molecule has 0 radical (unpaired) electrons. The number of hydrogen-bond donors (Lipinski definition) is 2. The van der Waals surface area contributed by atoms with Gasteiger partial charge >= 0.3 is 6.03 Å². The van der Waals surface area contributed by atoms with E-state index in [0.29, 0.717) is 23.7 Å². The molecule has 4 rings (SSSR count). The second-order valence-electron chi connectivity index (χ2n) is 6.88. The Bertz CT molecular complexity index is 1090. The molecular formula is C23H22N4O3S. The van der Waals surface area contributed by atoms with Crippen molar-refractivity contribution >= 4 is 40.8 Å². The molecule has 0 aliphatic carbocycles. The van der Waals surface area contributed by atoms with Crippen LogP contribution in [0, 0.1) is 0 Å². The monoisotopic (exact) mass is 434 g/mol. The Kier molecular flexibility index (Phi) is 6.37. The molecule has 1 aliphatic rings. The summed E-state index contributed by atoms with van der Waals surface area (Å²) in [6.07, 6.45) is 1.95. The molecular weight excluding hydrogens is 412 g/mol. The van der Waals surface area contributed by atoms with Crippen LogP contribution in [0.15, 0.2) is 71.9 Å². The Labute approximate surface area is 184 Å². The molecule has 2 heterocycles. The molecule has 0 spiro atoms. The lowest BCUT2D eigenvalue weighted by molar-refractivity contribution is -0.115. The van der Waals surface area contributed by atoms with E-state index in [1.807, 2.05) is 36.4 Å². The highest BCUT2D eigenvalue weighted by Gasteiger charge is 2.23. The van der Waals surface area contributed by atoms with E-state index in [9.17, 15) is 9.59 Å². The summed E-state index contributed by atoms with van der Waals surface area (Å²) in [5.74, 6) is 1.27. The number of benzene rings is 2. The van der Waals surface area contributed by atoms with Crippen molar-refractivity contribution in [3.8, 4) is 5.75 Å². The number of nitrogens with zero attached hydrogens (tertiary/aromatic N) is 2. The predicted octanol–water partition coefficient (Wildman–Crippen LogP) is 4.42. The van der Waals surface area contributed by atoms with E-state index in [2.05, 4.69) is 15.6 Å². The summed E-state index contributed by atoms with van der Waals surface area (Å²) in [5, 5.41) is 6.64. The number of rotatable bonds is 5. The maximum absolute atomic E-state index is 12.8. The molecule has 31 heavy (non-hydrogen) atoms. The van der Waals surface area contributed by atoms with Crippen LogP contribution in [0.4, 0.5) is 21.9 Å². The average Bonchev–Trinajstić information content (AvgIpc) is 2.80. The largest absolute Gasteiger partial charge is 0.495 e. The Morgan fingerprint density at radius 2 is 1.87 bits per heavy atom. The fourth-order valence-electron chi connectivity index (χ4n) is 3.29. The molecule has 3 amide bonds. The van der Waals surface area contributed by atoms with E-state index < -0.39 is 0 Å². The third-order valence-corrected chi connectivity index (χ3v) is 5.77. The number of para-hydroxylation sites is 2. The SMILES string of the molecule is COc1ccccc1NC(=O)Cc1ccc(NC(=O)N2CCSc3ncccc32)cc1. The lowest BCUT2D eigenvalue weighted by atomic mass is 10.1. The first-order valence-electron chi connectivity index (χ1n) is 9.82. The standard InChI is InChI=1S/C23H22N4O3S/c1-30-20-7-3-2-5-18(20)26-21(28)15-16-8-10-17(11-9-16)25-23(29)27-13-14-31-22-19(27)6-4-12-24-22/h2-12H,13-15H2,1H3,(H,25,29)(H,26,28). The third kappa shape index (κ3) is 4.97. The molecule has 158 valence electrons. The molecule has 2 aromatic carbocycles. The van der Waals surface area contributed by atoms with Gasteiger partial charge in [-0.2, -0.15) is 0 Å². The number of carbonyl (C=O) groups is 2. The minimum absolute atomic E-state index is 0.142. The van der Waals surface area contributed by atoms with Gasteiger partial charge in [-0.25, -0.2) is 9.78 Å². The van der Waals surface area contributed by atoms with Crippen LogP contribution < -0.4 is 20.3 Å². The van der Waals surface area contributed by atoms with E-state index in [1.165, 1.54) is 0 Å². The summed E-state index contributed by atoms with van der Waals surface area (Å²) < 4.78 is 5.26. The number of nitrogens with one attached hydrogen (secondary N) is 2. The fourth-order valence-corrected chi connectivity index (χ4v) is 4.22. The van der Waals surface area contributed by atoms with Gasteiger partial charge < -0.3 is 15.4 Å². The molecule has 1 aromatic heterocycles. The quantitative estimate of drug-likeness (QED) is 0.621. The van der Waals surface area contributed by atoms with Gasteiger partial charge in [0.25, 0.3) is 0 Å². The summed E-state index contributed by atoms with van der Waals surface area (Å²) in [6, 6.07) is 18.1. The zero-order valence-corrected chi connectivity index (χ0v) is 17.8. The Hall–Kier alpha value is -3.52. The van der Waals surface area contributed by atoms with Gasteiger partial charge in [-0.05, 0) is 42.0 Å². The van der Waals surface area contributed by atoms with Crippen LogP contribution in [-0.2, 0) is 11.2 Å². The van der Waals surface area contributed by atoms with Gasteiger partial charge in [-0.1, -0.05) is 24.3 Å². The van der Waals surface area contributed by atoms with Crippen molar-refractivity contribution in [3.05, 3.63) is 72.4 Å². The number of fused-ring (bicyclic) bond motifs is 1. The molecule has 0 saturated heterocycles. The van der Waals surface area contributed by atoms with E-state index >= 15 is 0 Å². The first kappa shape index (κ1) is 20.7. The third-order valence-electron chi connectivity index (χ3n) is 4.79. The molecule has 0 fully saturated rings. The molecule has 0 unspecified atom stereocenters. The minimum atomic E-state index is -0.198. The summed E-state index contributed by atoms with van der Waals surface area (Å²) >= 11 is 1.65. The van der Waals surface area contributed by atoms with Crippen LogP contribution in [0.2, 0.25) is 0 Å². The van der Waals surface area contributed by atoms with Crippen LogP contribution in [0.1, 0.15) is 5.56 Å². The van der Waals surface area contributed by atoms with Crippen LogP contribution in [0.25, 0.3) is 0 Å². The van der Waals surface area contributed by atoms with Crippen molar-refractivity contribution in [3.63, 3.8) is 0 Å². The van der Waals surface area contributed by atoms with Crippen molar-refractivity contribution in [2.75, 3.05) is 34.9 Å². The van der Waals surface area contributed by atoms with E-state index in [1.54, 1.807) is 54.2 Å². The number of aromatic nitrogens is 1. The number of hydrogen-bond acceptors (Lipinski definition) is 5. The van der Waals surface area contributed by atoms with Crippen LogP contribution in [0.5, 0.6) is 5.75 Å². The number of thioether (sulfide) groups is 1. The molecule has 0 atom stereocenters. The molecule has 1 aliphatic heterocycles. The molecule has 0 bridgehead atoms. The molecule has 0 saturated carbocycles. The van der Waals surface area contributed by atoms with Crippen molar-refractivity contribution in [1.82, 2.24) is 4.98 Å². The normalized spacial score (nSPS) is 12.6. The average molecular weight is 435 g/mol. The first-order chi connectivity index (χ1) is 15.1.